The lowest BCUT2D eigenvalue weighted by atomic mass is 10.1. The predicted octanol–water partition coefficient (Wildman–Crippen LogP) is 4.68. The lowest BCUT2D eigenvalue weighted by Crippen LogP contribution is -2.11. The molecular formula is C20H14N2O2S2. The third-order valence-corrected chi connectivity index (χ3v) is 6.11. The van der Waals surface area contributed by atoms with E-state index in [9.17, 15) is 4.79 Å². The quantitative estimate of drug-likeness (QED) is 0.670. The Bertz CT molecular complexity index is 1000. The predicted molar refractivity (Wildman–Crippen MR) is 106 cm³/mol. The number of anilines is 1. The fraction of sp³-hybridized carbons (Fsp3) is 0.100. The summed E-state index contributed by atoms with van der Waals surface area (Å²) in [7, 11) is 0. The first-order valence-corrected chi connectivity index (χ1v) is 9.74. The minimum Gasteiger partial charge on any atom is -0.481 e. The molecule has 1 N–H and O–H groups in total. The molecule has 2 aromatic carbocycles. The molecule has 0 radical (unpaired) electrons. The molecule has 0 saturated heterocycles. The van der Waals surface area contributed by atoms with Gasteiger partial charge in [0.05, 0.1) is 5.69 Å². The molecule has 0 spiro atoms. The molecule has 0 atom stereocenters. The largest absolute Gasteiger partial charge is 0.481 e. The number of thiazole rings is 1. The van der Waals surface area contributed by atoms with Crippen LogP contribution in [0, 0.1) is 12.3 Å². The SMILES string of the molecule is C#CCOc1ccc(C(=O)Nc2nc3c(s2)CSc2ccccc2-3)cc1. The summed E-state index contributed by atoms with van der Waals surface area (Å²) in [5.74, 6) is 3.73. The summed E-state index contributed by atoms with van der Waals surface area (Å²) in [5, 5.41) is 3.51. The molecule has 26 heavy (non-hydrogen) atoms. The first kappa shape index (κ1) is 16.7. The number of nitrogens with zero attached hydrogens (tertiary/aromatic N) is 1. The molecule has 1 aliphatic rings. The van der Waals surface area contributed by atoms with Crippen LogP contribution in [0.3, 0.4) is 0 Å². The van der Waals surface area contributed by atoms with Crippen LogP contribution in [0.25, 0.3) is 11.3 Å². The van der Waals surface area contributed by atoms with E-state index in [0.717, 1.165) is 17.0 Å². The van der Waals surface area contributed by atoms with Gasteiger partial charge in [0.1, 0.15) is 12.4 Å². The summed E-state index contributed by atoms with van der Waals surface area (Å²) in [5.41, 5.74) is 2.64. The average Bonchev–Trinajstić information content (AvgIpc) is 3.09. The Morgan fingerprint density at radius 2 is 2.04 bits per heavy atom. The summed E-state index contributed by atoms with van der Waals surface area (Å²) >= 11 is 3.32. The number of thioether (sulfide) groups is 1. The van der Waals surface area contributed by atoms with Crippen molar-refractivity contribution in [3.05, 3.63) is 59.0 Å². The highest BCUT2D eigenvalue weighted by atomic mass is 32.2. The minimum atomic E-state index is -0.194. The van der Waals surface area contributed by atoms with Crippen LogP contribution in [0.15, 0.2) is 53.4 Å². The van der Waals surface area contributed by atoms with Crippen LogP contribution in [-0.4, -0.2) is 17.5 Å². The van der Waals surface area contributed by atoms with Gasteiger partial charge in [-0.15, -0.1) is 29.5 Å². The summed E-state index contributed by atoms with van der Waals surface area (Å²) in [6.45, 7) is 0.204. The molecule has 0 saturated carbocycles. The highest BCUT2D eigenvalue weighted by Gasteiger charge is 2.21. The third-order valence-electron chi connectivity index (χ3n) is 3.86. The van der Waals surface area contributed by atoms with Gasteiger partial charge in [0.25, 0.3) is 5.91 Å². The molecule has 4 nitrogen and oxygen atoms in total. The number of hydrogen-bond donors (Lipinski definition) is 1. The van der Waals surface area contributed by atoms with Gasteiger partial charge in [-0.2, -0.15) is 0 Å². The Labute approximate surface area is 159 Å². The van der Waals surface area contributed by atoms with Gasteiger partial charge in [0, 0.05) is 26.7 Å². The molecule has 0 fully saturated rings. The molecule has 3 aromatic rings. The topological polar surface area (TPSA) is 51.2 Å². The molecule has 1 amide bonds. The van der Waals surface area contributed by atoms with Gasteiger partial charge in [-0.1, -0.05) is 24.1 Å². The molecule has 6 heteroatoms. The number of benzene rings is 2. The summed E-state index contributed by atoms with van der Waals surface area (Å²) in [4.78, 5) is 19.5. The van der Waals surface area contributed by atoms with Crippen LogP contribution >= 0.6 is 23.1 Å². The third kappa shape index (κ3) is 3.32. The Hall–Kier alpha value is -2.75. The van der Waals surface area contributed by atoms with Crippen molar-refractivity contribution in [2.75, 3.05) is 11.9 Å². The molecule has 2 heterocycles. The number of nitrogens with one attached hydrogen (secondary N) is 1. The molecule has 0 unspecified atom stereocenters. The summed E-state index contributed by atoms with van der Waals surface area (Å²) in [6, 6.07) is 15.1. The second kappa shape index (κ2) is 7.24. The van der Waals surface area contributed by atoms with Crippen molar-refractivity contribution in [3.63, 3.8) is 0 Å². The highest BCUT2D eigenvalue weighted by Crippen LogP contribution is 2.44. The number of rotatable bonds is 4. The average molecular weight is 378 g/mol. The van der Waals surface area contributed by atoms with Crippen LogP contribution in [0.1, 0.15) is 15.2 Å². The van der Waals surface area contributed by atoms with E-state index in [-0.39, 0.29) is 12.5 Å². The maximum atomic E-state index is 12.5. The fourth-order valence-corrected chi connectivity index (χ4v) is 4.74. The summed E-state index contributed by atoms with van der Waals surface area (Å²) < 4.78 is 5.32. The Morgan fingerprint density at radius 3 is 2.85 bits per heavy atom. The monoisotopic (exact) mass is 378 g/mol. The Balaban J connectivity index is 1.51. The number of carbonyl (C=O) groups is 1. The first-order chi connectivity index (χ1) is 12.7. The molecule has 1 aromatic heterocycles. The van der Waals surface area contributed by atoms with Gasteiger partial charge in [-0.05, 0) is 30.3 Å². The number of ether oxygens (including phenoxy) is 1. The van der Waals surface area contributed by atoms with E-state index in [1.807, 2.05) is 12.1 Å². The van der Waals surface area contributed by atoms with Crippen molar-refractivity contribution in [1.29, 1.82) is 0 Å². The van der Waals surface area contributed by atoms with Crippen LogP contribution in [0.5, 0.6) is 5.75 Å². The molecule has 0 aliphatic carbocycles. The van der Waals surface area contributed by atoms with E-state index in [2.05, 4.69) is 28.4 Å². The maximum absolute atomic E-state index is 12.5. The number of amides is 1. The maximum Gasteiger partial charge on any atom is 0.257 e. The van der Waals surface area contributed by atoms with E-state index in [0.29, 0.717) is 16.4 Å². The minimum absolute atomic E-state index is 0.194. The second-order valence-corrected chi connectivity index (χ2v) is 7.65. The smallest absolute Gasteiger partial charge is 0.257 e. The van der Waals surface area contributed by atoms with Gasteiger partial charge in [-0.3, -0.25) is 10.1 Å². The molecule has 4 rings (SSSR count). The van der Waals surface area contributed by atoms with Crippen molar-refractivity contribution in [2.45, 2.75) is 10.6 Å². The van der Waals surface area contributed by atoms with Gasteiger partial charge in [0.15, 0.2) is 5.13 Å². The van der Waals surface area contributed by atoms with Gasteiger partial charge in [0.2, 0.25) is 0 Å². The molecule has 128 valence electrons. The van der Waals surface area contributed by atoms with Gasteiger partial charge in [-0.25, -0.2) is 4.98 Å². The lowest BCUT2D eigenvalue weighted by Gasteiger charge is -2.13. The van der Waals surface area contributed by atoms with Crippen LogP contribution in [-0.2, 0) is 5.75 Å². The van der Waals surface area contributed by atoms with Crippen molar-refractivity contribution >= 4 is 34.1 Å². The van der Waals surface area contributed by atoms with Crippen molar-refractivity contribution in [2.24, 2.45) is 0 Å². The van der Waals surface area contributed by atoms with Crippen molar-refractivity contribution in [3.8, 4) is 29.4 Å². The Kier molecular flexibility index (Phi) is 4.65. The number of aromatic nitrogens is 1. The summed E-state index contributed by atoms with van der Waals surface area (Å²) in [6.07, 6.45) is 5.17. The number of terminal acetylenes is 1. The highest BCUT2D eigenvalue weighted by molar-refractivity contribution is 7.98. The standard InChI is InChI=1S/C20H14N2O2S2/c1-2-11-24-14-9-7-13(8-10-14)19(23)22-20-21-18-15-5-3-4-6-16(15)25-12-17(18)26-20/h1,3-10H,11-12H2,(H,21,22,23). The van der Waals surface area contributed by atoms with Crippen LogP contribution in [0.2, 0.25) is 0 Å². The molecular weight excluding hydrogens is 364 g/mol. The second-order valence-electron chi connectivity index (χ2n) is 5.55. The number of hydrogen-bond acceptors (Lipinski definition) is 5. The zero-order chi connectivity index (χ0) is 17.9. The van der Waals surface area contributed by atoms with Gasteiger partial charge >= 0.3 is 0 Å². The number of carbonyl (C=O) groups excluding carboxylic acids is 1. The van der Waals surface area contributed by atoms with Crippen molar-refractivity contribution in [1.82, 2.24) is 4.98 Å². The zero-order valence-electron chi connectivity index (χ0n) is 13.7. The van der Waals surface area contributed by atoms with E-state index in [4.69, 9.17) is 11.2 Å². The first-order valence-electron chi connectivity index (χ1n) is 7.94. The van der Waals surface area contributed by atoms with E-state index >= 15 is 0 Å². The van der Waals surface area contributed by atoms with E-state index < -0.39 is 0 Å². The molecule has 1 aliphatic heterocycles. The van der Waals surface area contributed by atoms with E-state index in [1.54, 1.807) is 36.0 Å². The van der Waals surface area contributed by atoms with Crippen LogP contribution in [0.4, 0.5) is 5.13 Å². The van der Waals surface area contributed by atoms with Crippen molar-refractivity contribution < 1.29 is 9.53 Å². The van der Waals surface area contributed by atoms with Crippen LogP contribution < -0.4 is 10.1 Å². The normalized spacial score (nSPS) is 11.8. The number of fused-ring (bicyclic) bond motifs is 3. The Morgan fingerprint density at radius 1 is 1.23 bits per heavy atom. The molecule has 0 bridgehead atoms. The lowest BCUT2D eigenvalue weighted by molar-refractivity contribution is 0.102. The van der Waals surface area contributed by atoms with E-state index in [1.165, 1.54) is 21.1 Å². The fourth-order valence-electron chi connectivity index (χ4n) is 2.64. The zero-order valence-corrected chi connectivity index (χ0v) is 15.3. The van der Waals surface area contributed by atoms with Gasteiger partial charge < -0.3 is 4.74 Å².